The van der Waals surface area contributed by atoms with Crippen molar-refractivity contribution >= 4 is 11.7 Å². The van der Waals surface area contributed by atoms with E-state index in [9.17, 15) is 9.59 Å². The lowest BCUT2D eigenvalue weighted by Gasteiger charge is -2.29. The maximum atomic E-state index is 12.3. The Balaban J connectivity index is 2.33. The van der Waals surface area contributed by atoms with E-state index in [2.05, 4.69) is 46.9 Å². The van der Waals surface area contributed by atoms with Crippen LogP contribution in [0.3, 0.4) is 0 Å². The third kappa shape index (κ3) is 7.42. The Labute approximate surface area is 136 Å². The third-order valence-electron chi connectivity index (χ3n) is 4.47. The van der Waals surface area contributed by atoms with E-state index in [-0.39, 0.29) is 28.6 Å². The summed E-state index contributed by atoms with van der Waals surface area (Å²) in [7, 11) is 0. The van der Waals surface area contributed by atoms with Crippen molar-refractivity contribution in [3.63, 3.8) is 0 Å². The van der Waals surface area contributed by atoms with Gasteiger partial charge in [0.05, 0.1) is 0 Å². The number of hydrogen-bond acceptors (Lipinski definition) is 2. The predicted octanol–water partition coefficient (Wildman–Crippen LogP) is 4.35. The van der Waals surface area contributed by atoms with Crippen LogP contribution in [0.5, 0.6) is 0 Å². The number of amides is 1. The van der Waals surface area contributed by atoms with Crippen LogP contribution in [0.15, 0.2) is 0 Å². The van der Waals surface area contributed by atoms with Crippen LogP contribution in [-0.4, -0.2) is 18.2 Å². The van der Waals surface area contributed by atoms with E-state index < -0.39 is 0 Å². The fraction of sp³-hybridized carbons (Fsp3) is 0.895. The van der Waals surface area contributed by atoms with Crippen LogP contribution in [0.2, 0.25) is 0 Å². The van der Waals surface area contributed by atoms with E-state index in [0.29, 0.717) is 12.2 Å². The van der Waals surface area contributed by atoms with Crippen LogP contribution < -0.4 is 5.32 Å². The molecule has 1 N–H and O–H groups in total. The summed E-state index contributed by atoms with van der Waals surface area (Å²) < 4.78 is 0. The van der Waals surface area contributed by atoms with Gasteiger partial charge in [-0.15, -0.1) is 0 Å². The van der Waals surface area contributed by atoms with Crippen molar-refractivity contribution < 1.29 is 9.59 Å². The first-order chi connectivity index (χ1) is 9.98. The molecule has 1 fully saturated rings. The molecule has 1 saturated carbocycles. The average molecular weight is 309 g/mol. The number of carbonyl (C=O) groups is 2. The minimum Gasteiger partial charge on any atom is -0.355 e. The summed E-state index contributed by atoms with van der Waals surface area (Å²) in [6, 6.07) is 0. The molecular weight excluding hydrogens is 274 g/mol. The first kappa shape index (κ1) is 19.2. The molecule has 1 aliphatic carbocycles. The highest BCUT2D eigenvalue weighted by Gasteiger charge is 2.30. The maximum absolute atomic E-state index is 12.3. The van der Waals surface area contributed by atoms with Gasteiger partial charge in [0.1, 0.15) is 5.78 Å². The standard InChI is InChI=1S/C19H35NO2/c1-18(2,3)12-11-16(21)14-7-9-15(10-8-14)17(22)20-13-19(4,5)6/h14-15H,7-13H2,1-6H3,(H,20,22). The molecule has 1 rings (SSSR count). The molecule has 0 unspecified atom stereocenters. The molecule has 1 aliphatic rings. The van der Waals surface area contributed by atoms with Gasteiger partial charge in [-0.05, 0) is 42.9 Å². The second-order valence-electron chi connectivity index (χ2n) is 9.35. The zero-order chi connectivity index (χ0) is 17.0. The molecule has 0 saturated heterocycles. The Kier molecular flexibility index (Phi) is 6.64. The quantitative estimate of drug-likeness (QED) is 0.820. The molecule has 0 aromatic rings. The van der Waals surface area contributed by atoms with Gasteiger partial charge in [-0.2, -0.15) is 0 Å². The number of nitrogens with one attached hydrogen (secondary N) is 1. The van der Waals surface area contributed by atoms with Gasteiger partial charge in [0, 0.05) is 24.8 Å². The molecule has 128 valence electrons. The topological polar surface area (TPSA) is 46.2 Å². The zero-order valence-electron chi connectivity index (χ0n) is 15.4. The second kappa shape index (κ2) is 7.61. The van der Waals surface area contributed by atoms with Crippen LogP contribution in [0.25, 0.3) is 0 Å². The van der Waals surface area contributed by atoms with Crippen molar-refractivity contribution in [3.8, 4) is 0 Å². The Morgan fingerprint density at radius 3 is 1.82 bits per heavy atom. The summed E-state index contributed by atoms with van der Waals surface area (Å²) in [6.07, 6.45) is 5.14. The monoisotopic (exact) mass is 309 g/mol. The highest BCUT2D eigenvalue weighted by molar-refractivity contribution is 5.82. The van der Waals surface area contributed by atoms with Gasteiger partial charge in [-0.25, -0.2) is 0 Å². The van der Waals surface area contributed by atoms with Crippen LogP contribution in [0.1, 0.15) is 80.1 Å². The molecule has 0 atom stereocenters. The van der Waals surface area contributed by atoms with E-state index in [1.807, 2.05) is 0 Å². The number of Topliss-reactive ketones (excluding diaryl/α,β-unsaturated/α-hetero) is 1. The van der Waals surface area contributed by atoms with E-state index in [0.717, 1.165) is 38.6 Å². The lowest BCUT2D eigenvalue weighted by Crippen LogP contribution is -2.38. The number of rotatable bonds is 5. The van der Waals surface area contributed by atoms with Crippen LogP contribution >= 0.6 is 0 Å². The van der Waals surface area contributed by atoms with Crippen molar-refractivity contribution in [2.24, 2.45) is 22.7 Å². The lowest BCUT2D eigenvalue weighted by atomic mass is 9.77. The van der Waals surface area contributed by atoms with Gasteiger partial charge in [-0.3, -0.25) is 9.59 Å². The van der Waals surface area contributed by atoms with Gasteiger partial charge in [-0.1, -0.05) is 41.5 Å². The Morgan fingerprint density at radius 1 is 0.864 bits per heavy atom. The second-order valence-corrected chi connectivity index (χ2v) is 9.35. The fourth-order valence-electron chi connectivity index (χ4n) is 2.88. The lowest BCUT2D eigenvalue weighted by molar-refractivity contribution is -0.130. The normalized spacial score (nSPS) is 23.2. The molecule has 0 aromatic carbocycles. The summed E-state index contributed by atoms with van der Waals surface area (Å²) in [4.78, 5) is 24.5. The van der Waals surface area contributed by atoms with Crippen LogP contribution in [0, 0.1) is 22.7 Å². The summed E-state index contributed by atoms with van der Waals surface area (Å²) in [5.41, 5.74) is 0.343. The molecule has 1 amide bonds. The fourth-order valence-corrected chi connectivity index (χ4v) is 2.88. The summed E-state index contributed by atoms with van der Waals surface area (Å²) >= 11 is 0. The highest BCUT2D eigenvalue weighted by Crippen LogP contribution is 2.32. The summed E-state index contributed by atoms with van der Waals surface area (Å²) in [5.74, 6) is 0.877. The zero-order valence-corrected chi connectivity index (χ0v) is 15.4. The number of carbonyl (C=O) groups excluding carboxylic acids is 2. The van der Waals surface area contributed by atoms with Crippen molar-refractivity contribution in [2.75, 3.05) is 6.54 Å². The Morgan fingerprint density at radius 2 is 1.36 bits per heavy atom. The highest BCUT2D eigenvalue weighted by atomic mass is 16.2. The first-order valence-corrected chi connectivity index (χ1v) is 8.78. The summed E-state index contributed by atoms with van der Waals surface area (Å²) in [5, 5.41) is 3.06. The van der Waals surface area contributed by atoms with E-state index >= 15 is 0 Å². The predicted molar refractivity (Wildman–Crippen MR) is 91.6 cm³/mol. The average Bonchev–Trinajstić information content (AvgIpc) is 2.40. The van der Waals surface area contributed by atoms with Crippen LogP contribution in [0.4, 0.5) is 0 Å². The van der Waals surface area contributed by atoms with Crippen molar-refractivity contribution in [3.05, 3.63) is 0 Å². The van der Waals surface area contributed by atoms with Crippen LogP contribution in [-0.2, 0) is 9.59 Å². The molecule has 0 heterocycles. The molecule has 22 heavy (non-hydrogen) atoms. The Hall–Kier alpha value is -0.860. The molecule has 0 aromatic heterocycles. The molecule has 0 radical (unpaired) electrons. The minimum absolute atomic E-state index is 0.106. The number of hydrogen-bond donors (Lipinski definition) is 1. The van der Waals surface area contributed by atoms with Gasteiger partial charge in [0.2, 0.25) is 5.91 Å². The first-order valence-electron chi connectivity index (χ1n) is 8.78. The third-order valence-corrected chi connectivity index (χ3v) is 4.47. The minimum atomic E-state index is 0.106. The largest absolute Gasteiger partial charge is 0.355 e. The van der Waals surface area contributed by atoms with Gasteiger partial charge >= 0.3 is 0 Å². The molecule has 3 nitrogen and oxygen atoms in total. The molecular formula is C19H35NO2. The Bertz CT molecular complexity index is 341. The van der Waals surface area contributed by atoms with Gasteiger partial charge in [0.25, 0.3) is 0 Å². The summed E-state index contributed by atoms with van der Waals surface area (Å²) in [6.45, 7) is 13.6. The molecule has 3 heteroatoms. The molecule has 0 spiro atoms. The van der Waals surface area contributed by atoms with Gasteiger partial charge < -0.3 is 5.32 Å². The van der Waals surface area contributed by atoms with Crippen molar-refractivity contribution in [2.45, 2.75) is 80.1 Å². The van der Waals surface area contributed by atoms with Crippen molar-refractivity contribution in [1.29, 1.82) is 0 Å². The van der Waals surface area contributed by atoms with E-state index in [1.54, 1.807) is 0 Å². The SMILES string of the molecule is CC(C)(C)CCC(=O)C1CCC(C(=O)NCC(C)(C)C)CC1. The van der Waals surface area contributed by atoms with E-state index in [1.165, 1.54) is 0 Å². The van der Waals surface area contributed by atoms with Gasteiger partial charge in [0.15, 0.2) is 0 Å². The maximum Gasteiger partial charge on any atom is 0.223 e. The molecule has 0 aliphatic heterocycles. The number of ketones is 1. The van der Waals surface area contributed by atoms with Crippen molar-refractivity contribution in [1.82, 2.24) is 5.32 Å². The molecule has 0 bridgehead atoms. The smallest absolute Gasteiger partial charge is 0.223 e. The van der Waals surface area contributed by atoms with E-state index in [4.69, 9.17) is 0 Å².